The summed E-state index contributed by atoms with van der Waals surface area (Å²) in [7, 11) is 4.99. The first-order valence-corrected chi connectivity index (χ1v) is 10.9. The van der Waals surface area contributed by atoms with Gasteiger partial charge in [-0.15, -0.1) is 0 Å². The Morgan fingerprint density at radius 1 is 1.12 bits per heavy atom. The molecule has 170 valence electrons. The molecule has 4 rings (SSSR count). The zero-order chi connectivity index (χ0) is 23.5. The quantitative estimate of drug-likeness (QED) is 0.393. The first-order chi connectivity index (χ1) is 15.9. The van der Waals surface area contributed by atoms with E-state index in [9.17, 15) is 4.79 Å². The van der Waals surface area contributed by atoms with E-state index in [4.69, 9.17) is 31.0 Å². The summed E-state index contributed by atoms with van der Waals surface area (Å²) >= 11 is 6.34. The molecule has 33 heavy (non-hydrogen) atoms. The third-order valence-corrected chi connectivity index (χ3v) is 5.62. The third kappa shape index (κ3) is 4.64. The summed E-state index contributed by atoms with van der Waals surface area (Å²) in [5, 5.41) is 1.49. The third-order valence-electron chi connectivity index (χ3n) is 5.32. The fraction of sp³-hybridized carbons (Fsp3) is 0.240. The monoisotopic (exact) mass is 464 g/mol. The van der Waals surface area contributed by atoms with Crippen molar-refractivity contribution in [2.45, 2.75) is 13.3 Å². The molecule has 0 N–H and O–H groups in total. The summed E-state index contributed by atoms with van der Waals surface area (Å²) < 4.78 is 12.9. The van der Waals surface area contributed by atoms with Gasteiger partial charge in [-0.25, -0.2) is 9.97 Å². The van der Waals surface area contributed by atoms with Gasteiger partial charge in [-0.05, 0) is 42.8 Å². The van der Waals surface area contributed by atoms with Crippen molar-refractivity contribution in [2.75, 3.05) is 27.8 Å². The number of likely N-dealkylation sites (N-methyl/N-ethyl adjacent to an activating group) is 1. The van der Waals surface area contributed by atoms with E-state index in [2.05, 4.69) is 6.92 Å². The van der Waals surface area contributed by atoms with Crippen LogP contribution in [0.15, 0.2) is 54.7 Å². The summed E-state index contributed by atoms with van der Waals surface area (Å²) in [6.45, 7) is 2.05. The van der Waals surface area contributed by atoms with Crippen molar-refractivity contribution in [3.63, 3.8) is 0 Å². The number of fused-ring (bicyclic) bond motifs is 1. The van der Waals surface area contributed by atoms with Crippen LogP contribution in [0.5, 0.6) is 11.5 Å². The minimum atomic E-state index is -0.102. The standard InChI is InChI=1S/C25H25ClN4O3/c1-5-21-19-11-12-30(17-7-6-8-18(14-17)33-15-23(31)29(2)3)25(19)28-24(27-21)16-9-10-22(32-4)20(26)13-16/h6-14H,5,15H2,1-4H3. The molecule has 0 aliphatic heterocycles. The molecule has 2 aromatic heterocycles. The molecule has 7 nitrogen and oxygen atoms in total. The fourth-order valence-corrected chi connectivity index (χ4v) is 3.74. The number of hydrogen-bond donors (Lipinski definition) is 0. The second-order valence-electron chi connectivity index (χ2n) is 7.69. The smallest absolute Gasteiger partial charge is 0.259 e. The van der Waals surface area contributed by atoms with E-state index in [1.54, 1.807) is 21.2 Å². The van der Waals surface area contributed by atoms with Crippen LogP contribution in [0.1, 0.15) is 12.6 Å². The minimum absolute atomic E-state index is 0.0204. The van der Waals surface area contributed by atoms with Crippen LogP contribution < -0.4 is 9.47 Å². The van der Waals surface area contributed by atoms with Crippen molar-refractivity contribution in [2.24, 2.45) is 0 Å². The van der Waals surface area contributed by atoms with Crippen LogP contribution in [0.25, 0.3) is 28.1 Å². The molecular weight excluding hydrogens is 440 g/mol. The summed E-state index contributed by atoms with van der Waals surface area (Å²) in [5.74, 6) is 1.70. The number of amides is 1. The molecule has 8 heteroatoms. The molecule has 0 fully saturated rings. The summed E-state index contributed by atoms with van der Waals surface area (Å²) in [6, 6.07) is 15.1. The Hall–Kier alpha value is -3.58. The van der Waals surface area contributed by atoms with E-state index in [1.807, 2.05) is 59.3 Å². The number of halogens is 1. The number of carbonyl (C=O) groups excluding carboxylic acids is 1. The number of methoxy groups -OCH3 is 1. The summed E-state index contributed by atoms with van der Waals surface area (Å²) in [4.78, 5) is 23.0. The molecule has 0 radical (unpaired) electrons. The van der Waals surface area contributed by atoms with Gasteiger partial charge in [0.05, 0.1) is 23.5 Å². The average molecular weight is 465 g/mol. The van der Waals surface area contributed by atoms with Crippen LogP contribution in [-0.4, -0.2) is 53.2 Å². The number of nitrogens with zero attached hydrogens (tertiary/aromatic N) is 4. The molecule has 0 aliphatic rings. The van der Waals surface area contributed by atoms with Crippen LogP contribution in [0, 0.1) is 0 Å². The van der Waals surface area contributed by atoms with Gasteiger partial charge in [-0.2, -0.15) is 0 Å². The van der Waals surface area contributed by atoms with Crippen LogP contribution in [0.2, 0.25) is 5.02 Å². The van der Waals surface area contributed by atoms with Gasteiger partial charge >= 0.3 is 0 Å². The molecule has 1 amide bonds. The predicted octanol–water partition coefficient (Wildman–Crippen LogP) is 4.78. The van der Waals surface area contributed by atoms with Gasteiger partial charge in [0.1, 0.15) is 17.1 Å². The Morgan fingerprint density at radius 2 is 1.94 bits per heavy atom. The Morgan fingerprint density at radius 3 is 2.64 bits per heavy atom. The zero-order valence-corrected chi connectivity index (χ0v) is 19.8. The number of aryl methyl sites for hydroxylation is 1. The Labute approximate surface area is 197 Å². The number of benzene rings is 2. The lowest BCUT2D eigenvalue weighted by Crippen LogP contribution is -2.27. The Kier molecular flexibility index (Phi) is 6.51. The number of aromatic nitrogens is 3. The maximum Gasteiger partial charge on any atom is 0.259 e. The second kappa shape index (κ2) is 9.50. The first-order valence-electron chi connectivity index (χ1n) is 10.6. The number of rotatable bonds is 7. The molecule has 4 aromatic rings. The molecule has 0 unspecified atom stereocenters. The van der Waals surface area contributed by atoms with Crippen LogP contribution in [0.3, 0.4) is 0 Å². The molecular formula is C25H25ClN4O3. The van der Waals surface area contributed by atoms with Gasteiger partial charge in [0, 0.05) is 37.3 Å². The van der Waals surface area contributed by atoms with E-state index in [-0.39, 0.29) is 12.5 Å². The lowest BCUT2D eigenvalue weighted by atomic mass is 10.1. The Balaban J connectivity index is 1.75. The van der Waals surface area contributed by atoms with E-state index in [1.165, 1.54) is 4.90 Å². The molecule has 0 aliphatic carbocycles. The second-order valence-corrected chi connectivity index (χ2v) is 8.10. The first kappa shape index (κ1) is 22.6. The van der Waals surface area contributed by atoms with Crippen molar-refractivity contribution < 1.29 is 14.3 Å². The number of ether oxygens (including phenoxy) is 2. The van der Waals surface area contributed by atoms with Gasteiger partial charge in [0.2, 0.25) is 0 Å². The highest BCUT2D eigenvalue weighted by Crippen LogP contribution is 2.31. The molecule has 0 atom stereocenters. The minimum Gasteiger partial charge on any atom is -0.495 e. The van der Waals surface area contributed by atoms with Crippen LogP contribution >= 0.6 is 11.6 Å². The van der Waals surface area contributed by atoms with E-state index >= 15 is 0 Å². The number of hydrogen-bond acceptors (Lipinski definition) is 5. The van der Waals surface area contributed by atoms with Crippen molar-refractivity contribution in [1.29, 1.82) is 0 Å². The van der Waals surface area contributed by atoms with Crippen LogP contribution in [0.4, 0.5) is 0 Å². The molecule has 0 spiro atoms. The highest BCUT2D eigenvalue weighted by molar-refractivity contribution is 6.32. The van der Waals surface area contributed by atoms with E-state index in [0.29, 0.717) is 22.3 Å². The van der Waals surface area contributed by atoms with Crippen molar-refractivity contribution in [3.8, 4) is 28.6 Å². The molecule has 0 saturated carbocycles. The number of carbonyl (C=O) groups is 1. The van der Waals surface area contributed by atoms with Crippen molar-refractivity contribution in [3.05, 3.63) is 65.4 Å². The SMILES string of the molecule is CCc1nc(-c2ccc(OC)c(Cl)c2)nc2c1ccn2-c1cccc(OCC(=O)N(C)C)c1. The molecule has 2 aromatic carbocycles. The maximum atomic E-state index is 11.9. The fourth-order valence-electron chi connectivity index (χ4n) is 3.49. The summed E-state index contributed by atoms with van der Waals surface area (Å²) in [6.07, 6.45) is 2.73. The van der Waals surface area contributed by atoms with Crippen LogP contribution in [-0.2, 0) is 11.2 Å². The molecule has 0 bridgehead atoms. The zero-order valence-electron chi connectivity index (χ0n) is 19.0. The lowest BCUT2D eigenvalue weighted by Gasteiger charge is -2.13. The van der Waals surface area contributed by atoms with Crippen molar-refractivity contribution >= 4 is 28.5 Å². The summed E-state index contributed by atoms with van der Waals surface area (Å²) in [5.41, 5.74) is 3.42. The largest absolute Gasteiger partial charge is 0.495 e. The normalized spacial score (nSPS) is 10.9. The van der Waals surface area contributed by atoms with Gasteiger partial charge in [-0.1, -0.05) is 24.6 Å². The Bertz CT molecular complexity index is 1320. The van der Waals surface area contributed by atoms with Crippen molar-refractivity contribution in [1.82, 2.24) is 19.4 Å². The molecule has 2 heterocycles. The molecule has 0 saturated heterocycles. The predicted molar refractivity (Wildman–Crippen MR) is 129 cm³/mol. The van der Waals surface area contributed by atoms with E-state index in [0.717, 1.165) is 34.4 Å². The van der Waals surface area contributed by atoms with E-state index < -0.39 is 0 Å². The topological polar surface area (TPSA) is 69.5 Å². The highest BCUT2D eigenvalue weighted by Gasteiger charge is 2.15. The van der Waals surface area contributed by atoms with Gasteiger partial charge < -0.3 is 18.9 Å². The lowest BCUT2D eigenvalue weighted by molar-refractivity contribution is -0.130. The van der Waals surface area contributed by atoms with Gasteiger partial charge in [0.15, 0.2) is 12.4 Å². The van der Waals surface area contributed by atoms with Gasteiger partial charge in [0.25, 0.3) is 5.91 Å². The van der Waals surface area contributed by atoms with Gasteiger partial charge in [-0.3, -0.25) is 4.79 Å². The highest BCUT2D eigenvalue weighted by atomic mass is 35.5. The average Bonchev–Trinajstić information content (AvgIpc) is 3.26. The maximum absolute atomic E-state index is 11.9.